The lowest BCUT2D eigenvalue weighted by atomic mass is 9.76. The minimum atomic E-state index is -0.903. The Kier molecular flexibility index (Phi) is 4.56. The molecule has 0 radical (unpaired) electrons. The number of aliphatic hydroxyl groups is 2. The molecule has 0 amide bonds. The summed E-state index contributed by atoms with van der Waals surface area (Å²) in [6.07, 6.45) is 8.85. The van der Waals surface area contributed by atoms with Gasteiger partial charge in [0.25, 0.3) is 0 Å². The van der Waals surface area contributed by atoms with Gasteiger partial charge in [-0.25, -0.2) is 0 Å². The summed E-state index contributed by atoms with van der Waals surface area (Å²) in [5.41, 5.74) is 0.0271. The van der Waals surface area contributed by atoms with E-state index in [0.29, 0.717) is 0 Å². The first-order valence-corrected chi connectivity index (χ1v) is 6.67. The van der Waals surface area contributed by atoms with Gasteiger partial charge in [-0.15, -0.1) is 0 Å². The minimum Gasteiger partial charge on any atom is -0.382 e. The standard InChI is InChI=1S/C15H26O2/c1-5-6-7-8-9-15(17)11-10-14(4,16)12(2)13(15)3/h10-11,16-17H,5-9H2,1-4H3. The highest BCUT2D eigenvalue weighted by Gasteiger charge is 2.36. The Labute approximate surface area is 105 Å². The monoisotopic (exact) mass is 238 g/mol. The number of hydrogen-bond donors (Lipinski definition) is 2. The van der Waals surface area contributed by atoms with Crippen LogP contribution in [-0.2, 0) is 0 Å². The second-order valence-electron chi connectivity index (χ2n) is 5.47. The second kappa shape index (κ2) is 5.36. The van der Waals surface area contributed by atoms with Crippen molar-refractivity contribution in [3.8, 4) is 0 Å². The van der Waals surface area contributed by atoms with E-state index in [2.05, 4.69) is 6.92 Å². The van der Waals surface area contributed by atoms with Gasteiger partial charge in [0.15, 0.2) is 0 Å². The molecule has 0 aromatic carbocycles. The van der Waals surface area contributed by atoms with Gasteiger partial charge in [0.05, 0.1) is 0 Å². The van der Waals surface area contributed by atoms with Crippen molar-refractivity contribution in [2.75, 3.05) is 0 Å². The minimum absolute atomic E-state index is 0.753. The average molecular weight is 238 g/mol. The van der Waals surface area contributed by atoms with Gasteiger partial charge in [0.1, 0.15) is 11.2 Å². The summed E-state index contributed by atoms with van der Waals surface area (Å²) < 4.78 is 0. The van der Waals surface area contributed by atoms with E-state index < -0.39 is 11.2 Å². The van der Waals surface area contributed by atoms with Gasteiger partial charge in [-0.1, -0.05) is 32.3 Å². The largest absolute Gasteiger partial charge is 0.382 e. The van der Waals surface area contributed by atoms with Crippen LogP contribution in [0.25, 0.3) is 0 Å². The fraction of sp³-hybridized carbons (Fsp3) is 0.733. The topological polar surface area (TPSA) is 40.5 Å². The van der Waals surface area contributed by atoms with Crippen molar-refractivity contribution >= 4 is 0 Å². The summed E-state index contributed by atoms with van der Waals surface area (Å²) in [5.74, 6) is 0. The Balaban J connectivity index is 2.71. The Morgan fingerprint density at radius 3 is 2.24 bits per heavy atom. The highest BCUT2D eigenvalue weighted by Crippen LogP contribution is 2.36. The van der Waals surface area contributed by atoms with E-state index in [1.54, 1.807) is 19.1 Å². The molecule has 1 aliphatic carbocycles. The molecule has 0 aromatic heterocycles. The third-order valence-electron chi connectivity index (χ3n) is 4.07. The van der Waals surface area contributed by atoms with Gasteiger partial charge in [0.2, 0.25) is 0 Å². The fourth-order valence-corrected chi connectivity index (χ4v) is 2.35. The lowest BCUT2D eigenvalue weighted by Gasteiger charge is -2.36. The zero-order valence-corrected chi connectivity index (χ0v) is 11.6. The first-order valence-electron chi connectivity index (χ1n) is 6.67. The number of rotatable bonds is 5. The third kappa shape index (κ3) is 3.20. The Morgan fingerprint density at radius 1 is 1.00 bits per heavy atom. The maximum absolute atomic E-state index is 10.6. The molecule has 0 aromatic rings. The summed E-state index contributed by atoms with van der Waals surface area (Å²) in [4.78, 5) is 0. The second-order valence-corrected chi connectivity index (χ2v) is 5.47. The van der Waals surface area contributed by atoms with Gasteiger partial charge < -0.3 is 10.2 Å². The lowest BCUT2D eigenvalue weighted by molar-refractivity contribution is 0.0883. The summed E-state index contributed by atoms with van der Waals surface area (Å²) in [6.45, 7) is 7.77. The maximum atomic E-state index is 10.6. The van der Waals surface area contributed by atoms with Crippen LogP contribution in [0.3, 0.4) is 0 Å². The molecule has 2 atom stereocenters. The molecule has 98 valence electrons. The molecule has 2 nitrogen and oxygen atoms in total. The summed E-state index contributed by atoms with van der Waals surface area (Å²) in [7, 11) is 0. The van der Waals surface area contributed by atoms with Crippen LogP contribution in [0, 0.1) is 0 Å². The molecule has 0 heterocycles. The van der Waals surface area contributed by atoms with Crippen molar-refractivity contribution in [2.45, 2.75) is 71.0 Å². The van der Waals surface area contributed by atoms with E-state index in [-0.39, 0.29) is 0 Å². The SMILES string of the molecule is CCCCCCC1(O)C=CC(C)(O)C(C)=C1C. The van der Waals surface area contributed by atoms with Crippen LogP contribution in [0.1, 0.15) is 59.8 Å². The van der Waals surface area contributed by atoms with E-state index in [9.17, 15) is 10.2 Å². The third-order valence-corrected chi connectivity index (χ3v) is 4.07. The smallest absolute Gasteiger partial charge is 0.104 e. The molecular weight excluding hydrogens is 212 g/mol. The molecule has 0 saturated heterocycles. The molecule has 0 fully saturated rings. The van der Waals surface area contributed by atoms with Crippen LogP contribution < -0.4 is 0 Å². The molecule has 2 unspecified atom stereocenters. The first kappa shape index (κ1) is 14.5. The van der Waals surface area contributed by atoms with E-state index in [4.69, 9.17) is 0 Å². The first-order chi connectivity index (χ1) is 7.83. The van der Waals surface area contributed by atoms with Crippen molar-refractivity contribution in [2.24, 2.45) is 0 Å². The molecular formula is C15H26O2. The molecule has 1 rings (SSSR count). The summed E-state index contributed by atoms with van der Waals surface area (Å²) in [6, 6.07) is 0. The average Bonchev–Trinajstić information content (AvgIpc) is 2.29. The molecule has 2 N–H and O–H groups in total. The molecule has 2 heteroatoms. The van der Waals surface area contributed by atoms with Crippen LogP contribution in [0.15, 0.2) is 23.3 Å². The van der Waals surface area contributed by atoms with Crippen LogP contribution >= 0.6 is 0 Å². The van der Waals surface area contributed by atoms with Crippen molar-refractivity contribution < 1.29 is 10.2 Å². The molecule has 1 aliphatic rings. The van der Waals surface area contributed by atoms with E-state index in [1.807, 2.05) is 13.8 Å². The highest BCUT2D eigenvalue weighted by atomic mass is 16.3. The van der Waals surface area contributed by atoms with Gasteiger partial charge >= 0.3 is 0 Å². The Hall–Kier alpha value is -0.600. The van der Waals surface area contributed by atoms with Gasteiger partial charge in [-0.05, 0) is 50.8 Å². The van der Waals surface area contributed by atoms with E-state index in [0.717, 1.165) is 30.4 Å². The lowest BCUT2D eigenvalue weighted by Crippen LogP contribution is -2.38. The van der Waals surface area contributed by atoms with E-state index >= 15 is 0 Å². The van der Waals surface area contributed by atoms with Crippen molar-refractivity contribution in [3.63, 3.8) is 0 Å². The normalized spacial score (nSPS) is 33.3. The zero-order chi connectivity index (χ0) is 13.1. The Bertz CT molecular complexity index is 326. The summed E-state index contributed by atoms with van der Waals surface area (Å²) in [5, 5.41) is 20.7. The number of unbranched alkanes of at least 4 members (excludes halogenated alkanes) is 3. The quantitative estimate of drug-likeness (QED) is 0.569. The van der Waals surface area contributed by atoms with Crippen LogP contribution in [0.4, 0.5) is 0 Å². The van der Waals surface area contributed by atoms with E-state index in [1.165, 1.54) is 12.8 Å². The highest BCUT2D eigenvalue weighted by molar-refractivity contribution is 5.40. The van der Waals surface area contributed by atoms with Crippen LogP contribution in [0.5, 0.6) is 0 Å². The fourth-order valence-electron chi connectivity index (χ4n) is 2.35. The molecule has 0 saturated carbocycles. The van der Waals surface area contributed by atoms with Crippen LogP contribution in [0.2, 0.25) is 0 Å². The predicted octanol–water partition coefficient (Wildman–Crippen LogP) is 3.35. The van der Waals surface area contributed by atoms with Crippen molar-refractivity contribution in [1.82, 2.24) is 0 Å². The number of hydrogen-bond acceptors (Lipinski definition) is 2. The van der Waals surface area contributed by atoms with Gasteiger partial charge in [0, 0.05) is 0 Å². The maximum Gasteiger partial charge on any atom is 0.104 e. The van der Waals surface area contributed by atoms with Crippen LogP contribution in [-0.4, -0.2) is 21.4 Å². The molecule has 0 aliphatic heterocycles. The molecule has 0 bridgehead atoms. The molecule has 17 heavy (non-hydrogen) atoms. The molecule has 0 spiro atoms. The summed E-state index contributed by atoms with van der Waals surface area (Å²) >= 11 is 0. The van der Waals surface area contributed by atoms with Gasteiger partial charge in [-0.3, -0.25) is 0 Å². The Morgan fingerprint density at radius 2 is 1.65 bits per heavy atom. The van der Waals surface area contributed by atoms with Crippen molar-refractivity contribution in [1.29, 1.82) is 0 Å². The predicted molar refractivity (Wildman–Crippen MR) is 71.8 cm³/mol. The van der Waals surface area contributed by atoms with Gasteiger partial charge in [-0.2, -0.15) is 0 Å². The van der Waals surface area contributed by atoms with Crippen molar-refractivity contribution in [3.05, 3.63) is 23.3 Å². The zero-order valence-electron chi connectivity index (χ0n) is 11.6.